The molecule has 0 aliphatic rings. The number of rotatable bonds is 3. The smallest absolute Gasteiger partial charge is 0.306 e. The van der Waals surface area contributed by atoms with Crippen LogP contribution in [0.5, 0.6) is 0 Å². The number of hydrogen-bond acceptors (Lipinski definition) is 3. The van der Waals surface area contributed by atoms with Gasteiger partial charge in [-0.05, 0) is 0 Å². The molecular weight excluding hydrogens is 324 g/mol. The third-order valence-corrected chi connectivity index (χ3v) is 2.55. The van der Waals surface area contributed by atoms with E-state index in [0.29, 0.717) is 51.4 Å². The van der Waals surface area contributed by atoms with E-state index in [1.807, 2.05) is 0 Å². The van der Waals surface area contributed by atoms with Gasteiger partial charge in [0, 0.05) is 12.8 Å². The Hall–Kier alpha value is -3.21. The predicted octanol–water partition coefficient (Wildman–Crippen LogP) is 2.29. The van der Waals surface area contributed by atoms with E-state index in [1.54, 1.807) is 0 Å². The fraction of sp³-hybridized carbons (Fsp3) is 0.435. The molecule has 26 heavy (non-hydrogen) atoms. The van der Waals surface area contributed by atoms with E-state index in [-0.39, 0.29) is 12.6 Å². The fourth-order valence-corrected chi connectivity index (χ4v) is 1.35. The van der Waals surface area contributed by atoms with E-state index in [4.69, 9.17) is 5.11 Å². The largest absolute Gasteiger partial charge is 0.469 e. The topological polar surface area (TPSA) is 46.5 Å². The Labute approximate surface area is 157 Å². The van der Waals surface area contributed by atoms with Crippen LogP contribution >= 0.6 is 0 Å². The van der Waals surface area contributed by atoms with Gasteiger partial charge in [-0.2, -0.15) is 0 Å². The maximum atomic E-state index is 10.8. The molecule has 0 saturated carbocycles. The third-order valence-electron chi connectivity index (χ3n) is 2.55. The second kappa shape index (κ2) is 19.8. The van der Waals surface area contributed by atoms with Crippen LogP contribution in [0.15, 0.2) is 0 Å². The molecular formula is C23H22O3. The lowest BCUT2D eigenvalue weighted by molar-refractivity contribution is -0.140. The van der Waals surface area contributed by atoms with Gasteiger partial charge in [0.1, 0.15) is 0 Å². The monoisotopic (exact) mass is 346 g/mol. The predicted molar refractivity (Wildman–Crippen MR) is 103 cm³/mol. The van der Waals surface area contributed by atoms with Gasteiger partial charge in [0.05, 0.1) is 52.2 Å². The summed E-state index contributed by atoms with van der Waals surface area (Å²) in [5, 5.41) is 8.54. The van der Waals surface area contributed by atoms with Crippen LogP contribution in [0.3, 0.4) is 0 Å². The lowest BCUT2D eigenvalue weighted by atomic mass is 10.3. The first-order valence-corrected chi connectivity index (χ1v) is 8.23. The van der Waals surface area contributed by atoms with Crippen molar-refractivity contribution in [3.63, 3.8) is 0 Å². The second-order valence-corrected chi connectivity index (χ2v) is 4.55. The molecule has 0 atom stereocenters. The molecule has 0 bridgehead atoms. The van der Waals surface area contributed by atoms with Crippen LogP contribution in [0.4, 0.5) is 0 Å². The molecule has 0 amide bonds. The van der Waals surface area contributed by atoms with Crippen molar-refractivity contribution in [3.8, 4) is 71.0 Å². The van der Waals surface area contributed by atoms with Gasteiger partial charge in [0.25, 0.3) is 0 Å². The Balaban J connectivity index is 3.75. The molecule has 1 N–H and O–H groups in total. The Morgan fingerprint density at radius 3 is 1.35 bits per heavy atom. The number of carbonyl (C=O) groups excluding carboxylic acids is 1. The number of esters is 1. The summed E-state index contributed by atoms with van der Waals surface area (Å²) < 4.78 is 4.51. The van der Waals surface area contributed by atoms with Crippen LogP contribution in [-0.4, -0.2) is 24.8 Å². The fourth-order valence-electron chi connectivity index (χ4n) is 1.35. The van der Waals surface area contributed by atoms with Crippen molar-refractivity contribution >= 4 is 5.97 Å². The van der Waals surface area contributed by atoms with Gasteiger partial charge in [0.2, 0.25) is 0 Å². The SMILES string of the molecule is COC(=O)CCC#CCC#CCC#CCC#CCC#CCC#CCCO. The van der Waals surface area contributed by atoms with E-state index >= 15 is 0 Å². The highest BCUT2D eigenvalue weighted by Crippen LogP contribution is 1.89. The van der Waals surface area contributed by atoms with Crippen LogP contribution in [0.25, 0.3) is 0 Å². The molecule has 0 aromatic carbocycles. The summed E-state index contributed by atoms with van der Waals surface area (Å²) in [7, 11) is 1.36. The molecule has 0 aromatic rings. The van der Waals surface area contributed by atoms with Gasteiger partial charge in [0.15, 0.2) is 0 Å². The molecule has 0 aliphatic heterocycles. The zero-order chi connectivity index (χ0) is 19.1. The highest BCUT2D eigenvalue weighted by atomic mass is 16.5. The third kappa shape index (κ3) is 18.8. The Bertz CT molecular complexity index is 782. The molecule has 0 heterocycles. The van der Waals surface area contributed by atoms with Crippen LogP contribution in [0.2, 0.25) is 0 Å². The lowest BCUT2D eigenvalue weighted by Gasteiger charge is -1.91. The summed E-state index contributed by atoms with van der Waals surface area (Å²) in [6, 6.07) is 0. The van der Waals surface area contributed by atoms with Gasteiger partial charge in [-0.3, -0.25) is 4.79 Å². The minimum Gasteiger partial charge on any atom is -0.469 e. The summed E-state index contributed by atoms with van der Waals surface area (Å²) >= 11 is 0. The molecule has 0 saturated heterocycles. The first-order valence-electron chi connectivity index (χ1n) is 8.23. The Morgan fingerprint density at radius 1 is 0.654 bits per heavy atom. The van der Waals surface area contributed by atoms with E-state index in [2.05, 4.69) is 75.8 Å². The first-order chi connectivity index (χ1) is 12.8. The molecule has 3 heteroatoms. The van der Waals surface area contributed by atoms with E-state index in [0.717, 1.165) is 0 Å². The molecule has 0 fully saturated rings. The first kappa shape index (κ1) is 22.8. The van der Waals surface area contributed by atoms with Crippen molar-refractivity contribution < 1.29 is 14.6 Å². The lowest BCUT2D eigenvalue weighted by Crippen LogP contribution is -1.98. The summed E-state index contributed by atoms with van der Waals surface area (Å²) in [5.41, 5.74) is 0. The van der Waals surface area contributed by atoms with Crippen molar-refractivity contribution in [3.05, 3.63) is 0 Å². The quantitative estimate of drug-likeness (QED) is 0.630. The van der Waals surface area contributed by atoms with Gasteiger partial charge in [-0.25, -0.2) is 0 Å². The van der Waals surface area contributed by atoms with Crippen LogP contribution < -0.4 is 0 Å². The molecule has 132 valence electrons. The standard InChI is InChI=1S/C23H22O3/c1-26-23(25)21-19-17-15-13-11-9-7-5-3-2-4-6-8-10-12-14-16-18-20-22-24/h24H,2,7-8,13-14,19-22H2,1H3. The molecule has 0 aliphatic carbocycles. The summed E-state index contributed by atoms with van der Waals surface area (Å²) in [4.78, 5) is 10.8. The van der Waals surface area contributed by atoms with Crippen molar-refractivity contribution in [1.29, 1.82) is 0 Å². The number of hydrogen-bond donors (Lipinski definition) is 1. The van der Waals surface area contributed by atoms with E-state index in [9.17, 15) is 4.79 Å². The molecule has 0 rings (SSSR count). The highest BCUT2D eigenvalue weighted by Gasteiger charge is 1.94. The zero-order valence-corrected chi connectivity index (χ0v) is 15.1. The molecule has 0 radical (unpaired) electrons. The van der Waals surface area contributed by atoms with Crippen molar-refractivity contribution in [2.75, 3.05) is 13.7 Å². The summed E-state index contributed by atoms with van der Waals surface area (Å²) in [6.45, 7) is 0.0884. The van der Waals surface area contributed by atoms with E-state index < -0.39 is 0 Å². The van der Waals surface area contributed by atoms with Crippen LogP contribution in [0.1, 0.15) is 51.4 Å². The number of ether oxygens (including phenoxy) is 1. The van der Waals surface area contributed by atoms with Crippen LogP contribution in [0, 0.1) is 71.0 Å². The van der Waals surface area contributed by atoms with Gasteiger partial charge in [-0.1, -0.05) is 65.1 Å². The van der Waals surface area contributed by atoms with E-state index in [1.165, 1.54) is 7.11 Å². The number of aliphatic hydroxyl groups is 1. The molecule has 0 spiro atoms. The van der Waals surface area contributed by atoms with Crippen LogP contribution in [-0.2, 0) is 9.53 Å². The molecule has 3 nitrogen and oxygen atoms in total. The van der Waals surface area contributed by atoms with Crippen molar-refractivity contribution in [2.45, 2.75) is 51.4 Å². The maximum Gasteiger partial charge on any atom is 0.306 e. The average Bonchev–Trinajstić information content (AvgIpc) is 2.66. The molecule has 0 unspecified atom stereocenters. The minimum absolute atomic E-state index is 0.0884. The van der Waals surface area contributed by atoms with Gasteiger partial charge >= 0.3 is 5.97 Å². The van der Waals surface area contributed by atoms with Gasteiger partial charge < -0.3 is 9.84 Å². The molecule has 0 aromatic heterocycles. The minimum atomic E-state index is -0.251. The normalized spacial score (nSPS) is 7.31. The summed E-state index contributed by atoms with van der Waals surface area (Å²) in [6.07, 6.45) is 3.81. The average molecular weight is 346 g/mol. The summed E-state index contributed by atoms with van der Waals surface area (Å²) in [5.74, 6) is 34.5. The number of aliphatic hydroxyl groups excluding tert-OH is 1. The zero-order valence-electron chi connectivity index (χ0n) is 15.1. The highest BCUT2D eigenvalue weighted by molar-refractivity contribution is 5.69. The second-order valence-electron chi connectivity index (χ2n) is 4.55. The number of carbonyl (C=O) groups is 1. The Morgan fingerprint density at radius 2 is 1.00 bits per heavy atom. The number of methoxy groups -OCH3 is 1. The van der Waals surface area contributed by atoms with Crippen molar-refractivity contribution in [1.82, 2.24) is 0 Å². The van der Waals surface area contributed by atoms with Crippen molar-refractivity contribution in [2.24, 2.45) is 0 Å². The maximum absolute atomic E-state index is 10.8. The van der Waals surface area contributed by atoms with Gasteiger partial charge in [-0.15, -0.1) is 5.92 Å². The Kier molecular flexibility index (Phi) is 17.4.